The molecule has 18 heavy (non-hydrogen) atoms. The molecular weight excluding hydrogens is 231 g/mol. The van der Waals surface area contributed by atoms with Crippen molar-refractivity contribution >= 4 is 6.29 Å². The summed E-state index contributed by atoms with van der Waals surface area (Å²) < 4.78 is 18.8. The lowest BCUT2D eigenvalue weighted by atomic mass is 10.2. The molecule has 2 aromatic rings. The maximum absolute atomic E-state index is 13.3. The average Bonchev–Trinajstić information content (AvgIpc) is 2.38. The van der Waals surface area contributed by atoms with E-state index in [1.54, 1.807) is 6.07 Å². The van der Waals surface area contributed by atoms with Gasteiger partial charge in [0.05, 0.1) is 5.56 Å². The van der Waals surface area contributed by atoms with Crippen molar-refractivity contribution in [2.24, 2.45) is 0 Å². The number of aldehydes is 1. The standard InChI is InChI=1S/C15H13FO2/c1-11-2-4-12(5-3-11)10-18-14-7-6-13(9-17)15(16)8-14/h2-9H,10H2,1H3. The molecule has 0 aliphatic rings. The number of benzene rings is 2. The zero-order valence-electron chi connectivity index (χ0n) is 10.0. The van der Waals surface area contributed by atoms with Gasteiger partial charge in [-0.25, -0.2) is 4.39 Å². The second-order valence-electron chi connectivity index (χ2n) is 4.08. The van der Waals surface area contributed by atoms with Gasteiger partial charge >= 0.3 is 0 Å². The van der Waals surface area contributed by atoms with Gasteiger partial charge < -0.3 is 4.74 Å². The normalized spacial score (nSPS) is 10.1. The molecule has 0 radical (unpaired) electrons. The summed E-state index contributed by atoms with van der Waals surface area (Å²) >= 11 is 0. The van der Waals surface area contributed by atoms with Crippen LogP contribution in [0.2, 0.25) is 0 Å². The van der Waals surface area contributed by atoms with Crippen LogP contribution in [0.15, 0.2) is 42.5 Å². The van der Waals surface area contributed by atoms with Crippen molar-refractivity contribution in [2.45, 2.75) is 13.5 Å². The van der Waals surface area contributed by atoms with Crippen LogP contribution in [0.25, 0.3) is 0 Å². The molecule has 0 unspecified atom stereocenters. The van der Waals surface area contributed by atoms with Crippen molar-refractivity contribution < 1.29 is 13.9 Å². The molecule has 0 heterocycles. The molecule has 0 atom stereocenters. The van der Waals surface area contributed by atoms with E-state index in [0.717, 1.165) is 5.56 Å². The first-order valence-corrected chi connectivity index (χ1v) is 5.62. The van der Waals surface area contributed by atoms with Gasteiger partial charge in [-0.3, -0.25) is 4.79 Å². The third-order valence-electron chi connectivity index (χ3n) is 2.62. The quantitative estimate of drug-likeness (QED) is 0.769. The number of hydrogen-bond donors (Lipinski definition) is 0. The molecule has 0 N–H and O–H groups in total. The van der Waals surface area contributed by atoms with Crippen LogP contribution in [-0.2, 0) is 6.61 Å². The third kappa shape index (κ3) is 2.94. The predicted octanol–water partition coefficient (Wildman–Crippen LogP) is 3.53. The van der Waals surface area contributed by atoms with Gasteiger partial charge in [0.25, 0.3) is 0 Å². The number of halogens is 1. The van der Waals surface area contributed by atoms with Crippen molar-refractivity contribution in [1.82, 2.24) is 0 Å². The van der Waals surface area contributed by atoms with Gasteiger partial charge in [0.2, 0.25) is 0 Å². The van der Waals surface area contributed by atoms with E-state index in [-0.39, 0.29) is 5.56 Å². The van der Waals surface area contributed by atoms with E-state index in [4.69, 9.17) is 4.74 Å². The summed E-state index contributed by atoms with van der Waals surface area (Å²) in [5.41, 5.74) is 2.23. The molecule has 0 saturated heterocycles. The Morgan fingerprint density at radius 3 is 2.50 bits per heavy atom. The Balaban J connectivity index is 2.04. The fourth-order valence-corrected chi connectivity index (χ4v) is 1.54. The van der Waals surface area contributed by atoms with Crippen molar-refractivity contribution in [3.05, 3.63) is 65.0 Å². The summed E-state index contributed by atoms with van der Waals surface area (Å²) in [6.07, 6.45) is 0.485. The van der Waals surface area contributed by atoms with E-state index >= 15 is 0 Å². The van der Waals surface area contributed by atoms with Gasteiger partial charge in [-0.1, -0.05) is 29.8 Å². The van der Waals surface area contributed by atoms with Crippen molar-refractivity contribution in [2.75, 3.05) is 0 Å². The highest BCUT2D eigenvalue weighted by atomic mass is 19.1. The lowest BCUT2D eigenvalue weighted by Gasteiger charge is -2.07. The van der Waals surface area contributed by atoms with Crippen LogP contribution in [0.4, 0.5) is 4.39 Å². The zero-order chi connectivity index (χ0) is 13.0. The molecule has 0 fully saturated rings. The highest BCUT2D eigenvalue weighted by Crippen LogP contribution is 2.17. The van der Waals surface area contributed by atoms with Crippen LogP contribution in [0, 0.1) is 12.7 Å². The van der Waals surface area contributed by atoms with E-state index in [9.17, 15) is 9.18 Å². The molecule has 2 aromatic carbocycles. The van der Waals surface area contributed by atoms with Crippen LogP contribution in [0.3, 0.4) is 0 Å². The monoisotopic (exact) mass is 244 g/mol. The lowest BCUT2D eigenvalue weighted by molar-refractivity contribution is 0.111. The Morgan fingerprint density at radius 1 is 1.17 bits per heavy atom. The van der Waals surface area contributed by atoms with Gasteiger partial charge in [0.15, 0.2) is 6.29 Å². The van der Waals surface area contributed by atoms with E-state index in [0.29, 0.717) is 18.6 Å². The minimum atomic E-state index is -0.564. The molecule has 2 nitrogen and oxygen atoms in total. The Morgan fingerprint density at radius 2 is 1.89 bits per heavy atom. The molecule has 2 rings (SSSR count). The van der Waals surface area contributed by atoms with Gasteiger partial charge in [-0.2, -0.15) is 0 Å². The van der Waals surface area contributed by atoms with E-state index in [1.807, 2.05) is 31.2 Å². The Labute approximate surface area is 105 Å². The highest BCUT2D eigenvalue weighted by Gasteiger charge is 2.03. The largest absolute Gasteiger partial charge is 0.489 e. The fourth-order valence-electron chi connectivity index (χ4n) is 1.54. The molecule has 0 spiro atoms. The van der Waals surface area contributed by atoms with Crippen molar-refractivity contribution in [3.63, 3.8) is 0 Å². The number of hydrogen-bond acceptors (Lipinski definition) is 2. The molecule has 3 heteroatoms. The number of carbonyl (C=O) groups is 1. The maximum atomic E-state index is 13.3. The SMILES string of the molecule is Cc1ccc(COc2ccc(C=O)c(F)c2)cc1. The third-order valence-corrected chi connectivity index (χ3v) is 2.62. The molecule has 0 amide bonds. The first-order valence-electron chi connectivity index (χ1n) is 5.62. The topological polar surface area (TPSA) is 26.3 Å². The summed E-state index contributed by atoms with van der Waals surface area (Å²) in [5, 5.41) is 0. The number of aryl methyl sites for hydroxylation is 1. The van der Waals surface area contributed by atoms with E-state index in [2.05, 4.69) is 0 Å². The number of rotatable bonds is 4. The summed E-state index contributed by atoms with van der Waals surface area (Å²) in [7, 11) is 0. The maximum Gasteiger partial charge on any atom is 0.152 e. The van der Waals surface area contributed by atoms with Gasteiger partial charge in [-0.05, 0) is 24.6 Å². The smallest absolute Gasteiger partial charge is 0.152 e. The molecule has 92 valence electrons. The molecule has 0 aromatic heterocycles. The van der Waals surface area contributed by atoms with E-state index in [1.165, 1.54) is 17.7 Å². The zero-order valence-corrected chi connectivity index (χ0v) is 10.0. The molecule has 0 saturated carbocycles. The Hall–Kier alpha value is -2.16. The first-order chi connectivity index (χ1) is 8.69. The summed E-state index contributed by atoms with van der Waals surface area (Å²) in [5.74, 6) is -0.148. The van der Waals surface area contributed by atoms with Crippen LogP contribution in [0.5, 0.6) is 5.75 Å². The van der Waals surface area contributed by atoms with Crippen LogP contribution in [-0.4, -0.2) is 6.29 Å². The average molecular weight is 244 g/mol. The summed E-state index contributed by atoms with van der Waals surface area (Å²) in [4.78, 5) is 10.5. The van der Waals surface area contributed by atoms with Crippen molar-refractivity contribution in [1.29, 1.82) is 0 Å². The molecule has 0 aliphatic carbocycles. The predicted molar refractivity (Wildman–Crippen MR) is 67.3 cm³/mol. The van der Waals surface area contributed by atoms with Crippen LogP contribution >= 0.6 is 0 Å². The second kappa shape index (κ2) is 5.45. The van der Waals surface area contributed by atoms with Gasteiger partial charge in [-0.15, -0.1) is 0 Å². The Kier molecular flexibility index (Phi) is 3.72. The minimum absolute atomic E-state index is 0.0395. The van der Waals surface area contributed by atoms with E-state index < -0.39 is 5.82 Å². The Bertz CT molecular complexity index is 547. The van der Waals surface area contributed by atoms with Gasteiger partial charge in [0.1, 0.15) is 18.2 Å². The van der Waals surface area contributed by atoms with Gasteiger partial charge in [0, 0.05) is 6.07 Å². The minimum Gasteiger partial charge on any atom is -0.489 e. The summed E-state index contributed by atoms with van der Waals surface area (Å²) in [6, 6.07) is 12.1. The molecule has 0 bridgehead atoms. The molecule has 0 aliphatic heterocycles. The van der Waals surface area contributed by atoms with Crippen LogP contribution in [0.1, 0.15) is 21.5 Å². The van der Waals surface area contributed by atoms with Crippen LogP contribution < -0.4 is 4.74 Å². The molecular formula is C15H13FO2. The number of ether oxygens (including phenoxy) is 1. The van der Waals surface area contributed by atoms with Crippen molar-refractivity contribution in [3.8, 4) is 5.75 Å². The highest BCUT2D eigenvalue weighted by molar-refractivity contribution is 5.75. The first kappa shape index (κ1) is 12.3. The summed E-state index contributed by atoms with van der Waals surface area (Å²) in [6.45, 7) is 2.39. The number of carbonyl (C=O) groups excluding carboxylic acids is 1. The second-order valence-corrected chi connectivity index (χ2v) is 4.08. The fraction of sp³-hybridized carbons (Fsp3) is 0.133. The lowest BCUT2D eigenvalue weighted by Crippen LogP contribution is -1.97.